The molecule has 0 bridgehead atoms. The third-order valence-corrected chi connectivity index (χ3v) is 3.59. The van der Waals surface area contributed by atoms with Gasteiger partial charge < -0.3 is 15.3 Å². The Bertz CT molecular complexity index is 668. The number of aliphatic hydroxyl groups excluding tert-OH is 1. The fraction of sp³-hybridized carbons (Fsp3) is 0.278. The van der Waals surface area contributed by atoms with Gasteiger partial charge in [0.15, 0.2) is 0 Å². The maximum atomic E-state index is 12.5. The number of benzene rings is 2. The second-order valence-corrected chi connectivity index (χ2v) is 5.44. The first-order valence-corrected chi connectivity index (χ1v) is 7.32. The Balaban J connectivity index is 2.30. The summed E-state index contributed by atoms with van der Waals surface area (Å²) in [7, 11) is 1.69. The number of aryl methyl sites for hydroxylation is 2. The van der Waals surface area contributed by atoms with E-state index in [0.717, 1.165) is 16.9 Å². The number of nitrogens with zero attached hydrogens (tertiary/aromatic N) is 1. The summed E-state index contributed by atoms with van der Waals surface area (Å²) in [5, 5.41) is 12.3. The van der Waals surface area contributed by atoms with Crippen LogP contribution < -0.4 is 5.32 Å². The van der Waals surface area contributed by atoms with Gasteiger partial charge in [-0.15, -0.1) is 0 Å². The van der Waals surface area contributed by atoms with Crippen LogP contribution in [0.3, 0.4) is 0 Å². The van der Waals surface area contributed by atoms with Crippen LogP contribution in [0.25, 0.3) is 0 Å². The maximum absolute atomic E-state index is 12.5. The summed E-state index contributed by atoms with van der Waals surface area (Å²) in [6.07, 6.45) is 0. The molecule has 0 atom stereocenters. The fourth-order valence-electron chi connectivity index (χ4n) is 2.33. The Morgan fingerprint density at radius 2 is 1.86 bits per heavy atom. The van der Waals surface area contributed by atoms with Gasteiger partial charge in [-0.2, -0.15) is 0 Å². The van der Waals surface area contributed by atoms with E-state index in [-0.39, 0.29) is 12.5 Å². The summed E-state index contributed by atoms with van der Waals surface area (Å²) >= 11 is 0. The zero-order valence-corrected chi connectivity index (χ0v) is 13.3. The van der Waals surface area contributed by atoms with Crippen molar-refractivity contribution in [1.82, 2.24) is 4.90 Å². The molecule has 0 fully saturated rings. The van der Waals surface area contributed by atoms with Crippen molar-refractivity contribution in [3.05, 3.63) is 59.2 Å². The Hall–Kier alpha value is -2.33. The van der Waals surface area contributed by atoms with Gasteiger partial charge in [0.25, 0.3) is 5.91 Å². The lowest BCUT2D eigenvalue weighted by Gasteiger charge is -2.19. The molecule has 0 heterocycles. The first-order chi connectivity index (χ1) is 10.5. The van der Waals surface area contributed by atoms with E-state index < -0.39 is 0 Å². The molecule has 2 N–H and O–H groups in total. The van der Waals surface area contributed by atoms with E-state index in [1.807, 2.05) is 37.3 Å². The van der Waals surface area contributed by atoms with Crippen molar-refractivity contribution in [2.45, 2.75) is 13.8 Å². The second kappa shape index (κ2) is 7.09. The SMILES string of the molecule is Cc1ccc(Nc2ccccc2C(=O)N(C)CCO)c(C)c1. The van der Waals surface area contributed by atoms with Crippen molar-refractivity contribution < 1.29 is 9.90 Å². The molecule has 0 unspecified atom stereocenters. The minimum atomic E-state index is -0.109. The molecule has 2 rings (SSSR count). The van der Waals surface area contributed by atoms with E-state index in [0.29, 0.717) is 12.1 Å². The van der Waals surface area contributed by atoms with Crippen molar-refractivity contribution in [3.8, 4) is 0 Å². The number of para-hydroxylation sites is 1. The molecule has 4 heteroatoms. The predicted octanol–water partition coefficient (Wildman–Crippen LogP) is 3.11. The van der Waals surface area contributed by atoms with Gasteiger partial charge >= 0.3 is 0 Å². The number of aliphatic hydroxyl groups is 1. The third-order valence-electron chi connectivity index (χ3n) is 3.59. The quantitative estimate of drug-likeness (QED) is 0.892. The van der Waals surface area contributed by atoms with Gasteiger partial charge in [-0.1, -0.05) is 29.8 Å². The van der Waals surface area contributed by atoms with E-state index in [1.165, 1.54) is 10.5 Å². The van der Waals surface area contributed by atoms with Crippen molar-refractivity contribution in [3.63, 3.8) is 0 Å². The molecule has 0 aliphatic heterocycles. The van der Waals surface area contributed by atoms with E-state index >= 15 is 0 Å². The van der Waals surface area contributed by atoms with Crippen molar-refractivity contribution in [2.24, 2.45) is 0 Å². The molecule has 0 saturated carbocycles. The lowest BCUT2D eigenvalue weighted by atomic mass is 10.1. The minimum absolute atomic E-state index is 0.0467. The number of hydrogen-bond acceptors (Lipinski definition) is 3. The largest absolute Gasteiger partial charge is 0.395 e. The summed E-state index contributed by atoms with van der Waals surface area (Å²) in [4.78, 5) is 14.0. The van der Waals surface area contributed by atoms with Crippen LogP contribution in [0.5, 0.6) is 0 Å². The molecule has 1 amide bonds. The van der Waals surface area contributed by atoms with Crippen molar-refractivity contribution in [1.29, 1.82) is 0 Å². The van der Waals surface area contributed by atoms with Crippen LogP contribution in [0.15, 0.2) is 42.5 Å². The molecule has 0 saturated heterocycles. The van der Waals surface area contributed by atoms with Crippen LogP contribution in [0.1, 0.15) is 21.5 Å². The molecule has 0 aromatic heterocycles. The second-order valence-electron chi connectivity index (χ2n) is 5.44. The van der Waals surface area contributed by atoms with Crippen LogP contribution in [0, 0.1) is 13.8 Å². The third kappa shape index (κ3) is 3.65. The van der Waals surface area contributed by atoms with Crippen LogP contribution in [-0.4, -0.2) is 36.1 Å². The number of hydrogen-bond donors (Lipinski definition) is 2. The van der Waals surface area contributed by atoms with Crippen LogP contribution in [0.2, 0.25) is 0 Å². The van der Waals surface area contributed by atoms with Gasteiger partial charge in [-0.25, -0.2) is 0 Å². The molecular weight excluding hydrogens is 276 g/mol. The normalized spacial score (nSPS) is 10.4. The Kier molecular flexibility index (Phi) is 5.17. The molecule has 0 spiro atoms. The van der Waals surface area contributed by atoms with E-state index in [9.17, 15) is 4.79 Å². The van der Waals surface area contributed by atoms with Crippen LogP contribution >= 0.6 is 0 Å². The summed E-state index contributed by atoms with van der Waals surface area (Å²) in [6.45, 7) is 4.36. The molecule has 22 heavy (non-hydrogen) atoms. The number of likely N-dealkylation sites (N-methyl/N-ethyl adjacent to an activating group) is 1. The van der Waals surface area contributed by atoms with Crippen molar-refractivity contribution in [2.75, 3.05) is 25.5 Å². The highest BCUT2D eigenvalue weighted by Crippen LogP contribution is 2.25. The first kappa shape index (κ1) is 16.0. The summed E-state index contributed by atoms with van der Waals surface area (Å²) in [5.74, 6) is -0.109. The average molecular weight is 298 g/mol. The predicted molar refractivity (Wildman–Crippen MR) is 89.7 cm³/mol. The van der Waals surface area contributed by atoms with Gasteiger partial charge in [0.1, 0.15) is 0 Å². The zero-order chi connectivity index (χ0) is 16.1. The standard InChI is InChI=1S/C18H22N2O2/c1-13-8-9-16(14(2)12-13)19-17-7-5-4-6-15(17)18(22)20(3)10-11-21/h4-9,12,19,21H,10-11H2,1-3H3. The van der Waals surface area contributed by atoms with E-state index in [4.69, 9.17) is 5.11 Å². The monoisotopic (exact) mass is 298 g/mol. The van der Waals surface area contributed by atoms with E-state index in [1.54, 1.807) is 13.1 Å². The van der Waals surface area contributed by atoms with Crippen LogP contribution in [0.4, 0.5) is 11.4 Å². The van der Waals surface area contributed by atoms with E-state index in [2.05, 4.69) is 18.3 Å². The topological polar surface area (TPSA) is 52.6 Å². The maximum Gasteiger partial charge on any atom is 0.255 e. The van der Waals surface area contributed by atoms with Gasteiger partial charge in [-0.3, -0.25) is 4.79 Å². The fourth-order valence-corrected chi connectivity index (χ4v) is 2.33. The molecule has 116 valence electrons. The minimum Gasteiger partial charge on any atom is -0.395 e. The van der Waals surface area contributed by atoms with Gasteiger partial charge in [0.2, 0.25) is 0 Å². The van der Waals surface area contributed by atoms with Gasteiger partial charge in [0.05, 0.1) is 17.9 Å². The summed E-state index contributed by atoms with van der Waals surface area (Å²) in [5.41, 5.74) is 4.68. The lowest BCUT2D eigenvalue weighted by molar-refractivity contribution is 0.0768. The smallest absolute Gasteiger partial charge is 0.255 e. The molecule has 0 aliphatic rings. The van der Waals surface area contributed by atoms with Crippen LogP contribution in [-0.2, 0) is 0 Å². The van der Waals surface area contributed by atoms with Crippen molar-refractivity contribution >= 4 is 17.3 Å². The zero-order valence-electron chi connectivity index (χ0n) is 13.3. The summed E-state index contributed by atoms with van der Waals surface area (Å²) < 4.78 is 0. The van der Waals surface area contributed by atoms with Gasteiger partial charge in [-0.05, 0) is 37.6 Å². The number of nitrogens with one attached hydrogen (secondary N) is 1. The highest BCUT2D eigenvalue weighted by Gasteiger charge is 2.15. The first-order valence-electron chi connectivity index (χ1n) is 7.32. The number of carbonyl (C=O) groups is 1. The Morgan fingerprint density at radius 3 is 2.55 bits per heavy atom. The highest BCUT2D eigenvalue weighted by molar-refractivity contribution is 6.00. The average Bonchev–Trinajstić information content (AvgIpc) is 2.50. The molecule has 0 radical (unpaired) electrons. The highest BCUT2D eigenvalue weighted by atomic mass is 16.3. The number of carbonyl (C=O) groups excluding carboxylic acids is 1. The molecule has 0 aliphatic carbocycles. The molecule has 2 aromatic carbocycles. The molecule has 2 aromatic rings. The Morgan fingerprint density at radius 1 is 1.14 bits per heavy atom. The Labute approximate surface area is 131 Å². The lowest BCUT2D eigenvalue weighted by Crippen LogP contribution is -2.29. The summed E-state index contributed by atoms with van der Waals surface area (Å²) in [6, 6.07) is 13.6. The van der Waals surface area contributed by atoms with Gasteiger partial charge in [0, 0.05) is 19.3 Å². The number of rotatable bonds is 5. The molecule has 4 nitrogen and oxygen atoms in total. The molecular formula is C18H22N2O2. The number of anilines is 2. The number of amides is 1.